The molecular weight excluding hydrogens is 421 g/mol. The molecular formula is C22H22FN3O4S. The van der Waals surface area contributed by atoms with Crippen LogP contribution in [0.5, 0.6) is 0 Å². The summed E-state index contributed by atoms with van der Waals surface area (Å²) in [6.45, 7) is 2.03. The summed E-state index contributed by atoms with van der Waals surface area (Å²) in [5, 5.41) is 14.0. The predicted octanol–water partition coefficient (Wildman–Crippen LogP) is 4.00. The van der Waals surface area contributed by atoms with Crippen LogP contribution >= 0.6 is 11.8 Å². The van der Waals surface area contributed by atoms with E-state index < -0.39 is 11.0 Å². The van der Waals surface area contributed by atoms with E-state index in [2.05, 4.69) is 5.32 Å². The summed E-state index contributed by atoms with van der Waals surface area (Å²) < 4.78 is 13.8. The number of nitro groups is 1. The number of nitro benzene ring substituents is 1. The molecule has 2 aromatic rings. The number of aryl methyl sites for hydroxylation is 1. The molecule has 31 heavy (non-hydrogen) atoms. The molecule has 0 saturated carbocycles. The van der Waals surface area contributed by atoms with Crippen molar-refractivity contribution in [3.8, 4) is 0 Å². The maximum Gasteiger partial charge on any atom is 0.272 e. The van der Waals surface area contributed by atoms with E-state index in [1.165, 1.54) is 35.2 Å². The van der Waals surface area contributed by atoms with E-state index in [-0.39, 0.29) is 29.4 Å². The van der Waals surface area contributed by atoms with Gasteiger partial charge in [0.05, 0.1) is 11.0 Å². The summed E-state index contributed by atoms with van der Waals surface area (Å²) in [5.74, 6) is -0.0940. The second-order valence-corrected chi connectivity index (χ2v) is 8.93. The van der Waals surface area contributed by atoms with E-state index in [9.17, 15) is 24.1 Å². The largest absolute Gasteiger partial charge is 0.347 e. The molecule has 1 fully saturated rings. The van der Waals surface area contributed by atoms with Gasteiger partial charge >= 0.3 is 0 Å². The van der Waals surface area contributed by atoms with E-state index in [0.29, 0.717) is 36.9 Å². The number of rotatable bonds is 4. The summed E-state index contributed by atoms with van der Waals surface area (Å²) in [6, 6.07) is 7.94. The number of hydrogen-bond acceptors (Lipinski definition) is 5. The fraction of sp³-hybridized carbons (Fsp3) is 0.364. The monoisotopic (exact) mass is 443 g/mol. The minimum atomic E-state index is -0.616. The van der Waals surface area contributed by atoms with E-state index in [1.54, 1.807) is 24.8 Å². The molecule has 4 rings (SSSR count). The summed E-state index contributed by atoms with van der Waals surface area (Å²) in [4.78, 5) is 39.2. The molecule has 2 atom stereocenters. The molecule has 9 heteroatoms. The summed E-state index contributed by atoms with van der Waals surface area (Å²) >= 11 is 1.64. The average molecular weight is 444 g/mol. The van der Waals surface area contributed by atoms with Crippen molar-refractivity contribution in [2.45, 2.75) is 43.2 Å². The highest BCUT2D eigenvalue weighted by molar-refractivity contribution is 7.99. The van der Waals surface area contributed by atoms with E-state index in [4.69, 9.17) is 0 Å². The standard InChI is InChI=1S/C22H22FN3O4S/c1-13-11-14(4-6-18(13)26(29)30)22(28)25-9-2-3-19(25)21(27)24-17-8-10-31-20-7-5-15(23)12-16(17)20/h4-7,11-12,17,19H,2-3,8-10H2,1H3,(H,24,27). The van der Waals surface area contributed by atoms with Gasteiger partial charge in [0, 0.05) is 34.4 Å². The molecule has 0 bridgehead atoms. The number of nitrogens with zero attached hydrogens (tertiary/aromatic N) is 2. The highest BCUT2D eigenvalue weighted by Gasteiger charge is 2.36. The molecule has 1 N–H and O–H groups in total. The third-order valence-electron chi connectivity index (χ3n) is 5.78. The van der Waals surface area contributed by atoms with Gasteiger partial charge in [-0.2, -0.15) is 0 Å². The van der Waals surface area contributed by atoms with Gasteiger partial charge in [0.1, 0.15) is 11.9 Å². The zero-order chi connectivity index (χ0) is 22.1. The molecule has 2 aliphatic heterocycles. The Morgan fingerprint density at radius 1 is 1.23 bits per heavy atom. The Bertz CT molecular complexity index is 1060. The van der Waals surface area contributed by atoms with Gasteiger partial charge in [0.25, 0.3) is 11.6 Å². The first-order chi connectivity index (χ1) is 14.8. The molecule has 162 valence electrons. The molecule has 0 aromatic heterocycles. The van der Waals surface area contributed by atoms with E-state index in [1.807, 2.05) is 0 Å². The summed E-state index contributed by atoms with van der Waals surface area (Å²) in [7, 11) is 0. The highest BCUT2D eigenvalue weighted by Crippen LogP contribution is 2.37. The van der Waals surface area contributed by atoms with Gasteiger partial charge in [0.15, 0.2) is 0 Å². The highest BCUT2D eigenvalue weighted by atomic mass is 32.2. The maximum atomic E-state index is 13.8. The number of thioether (sulfide) groups is 1. The first-order valence-electron chi connectivity index (χ1n) is 10.1. The van der Waals surface area contributed by atoms with E-state index >= 15 is 0 Å². The molecule has 1 saturated heterocycles. The van der Waals surface area contributed by atoms with Crippen LogP contribution in [0.1, 0.15) is 46.8 Å². The van der Waals surface area contributed by atoms with Crippen LogP contribution in [-0.4, -0.2) is 40.0 Å². The molecule has 0 aliphatic carbocycles. The van der Waals surface area contributed by atoms with Gasteiger partial charge in [-0.25, -0.2) is 4.39 Å². The van der Waals surface area contributed by atoms with Crippen LogP contribution in [0.2, 0.25) is 0 Å². The van der Waals surface area contributed by atoms with Crippen molar-refractivity contribution in [3.63, 3.8) is 0 Å². The van der Waals surface area contributed by atoms with Gasteiger partial charge in [-0.1, -0.05) is 0 Å². The molecule has 2 heterocycles. The Kier molecular flexibility index (Phi) is 5.95. The number of fused-ring (bicyclic) bond motifs is 1. The van der Waals surface area contributed by atoms with Crippen molar-refractivity contribution in [2.75, 3.05) is 12.3 Å². The Balaban J connectivity index is 1.51. The van der Waals surface area contributed by atoms with Crippen LogP contribution < -0.4 is 5.32 Å². The first kappa shape index (κ1) is 21.3. The van der Waals surface area contributed by atoms with Crippen LogP contribution in [0.15, 0.2) is 41.3 Å². The fourth-order valence-electron chi connectivity index (χ4n) is 4.22. The quantitative estimate of drug-likeness (QED) is 0.570. The molecule has 2 aliphatic rings. The molecule has 0 radical (unpaired) electrons. The minimum absolute atomic E-state index is 0.0478. The van der Waals surface area contributed by atoms with Gasteiger partial charge in [-0.15, -0.1) is 11.8 Å². The molecule has 7 nitrogen and oxygen atoms in total. The topological polar surface area (TPSA) is 92.6 Å². The number of carbonyl (C=O) groups is 2. The molecule has 0 spiro atoms. The number of nitrogens with one attached hydrogen (secondary N) is 1. The maximum absolute atomic E-state index is 13.8. The normalized spacial score (nSPS) is 20.3. The minimum Gasteiger partial charge on any atom is -0.347 e. The van der Waals surface area contributed by atoms with Gasteiger partial charge in [-0.3, -0.25) is 19.7 Å². The van der Waals surface area contributed by atoms with Gasteiger partial charge in [0.2, 0.25) is 5.91 Å². The Labute approximate surface area is 183 Å². The van der Waals surface area contributed by atoms with Crippen molar-refractivity contribution in [1.82, 2.24) is 10.2 Å². The fourth-order valence-corrected chi connectivity index (χ4v) is 5.33. The number of carbonyl (C=O) groups excluding carboxylic acids is 2. The lowest BCUT2D eigenvalue weighted by Crippen LogP contribution is -2.47. The van der Waals surface area contributed by atoms with Crippen LogP contribution in [0.4, 0.5) is 10.1 Å². The lowest BCUT2D eigenvalue weighted by molar-refractivity contribution is -0.385. The number of halogens is 1. The van der Waals surface area contributed by atoms with Gasteiger partial charge < -0.3 is 10.2 Å². The Hall–Kier alpha value is -2.94. The summed E-state index contributed by atoms with van der Waals surface area (Å²) in [6.07, 6.45) is 1.93. The van der Waals surface area contributed by atoms with Crippen LogP contribution in [-0.2, 0) is 4.79 Å². The number of likely N-dealkylation sites (tertiary alicyclic amines) is 1. The lowest BCUT2D eigenvalue weighted by atomic mass is 10.0. The zero-order valence-corrected chi connectivity index (χ0v) is 17.8. The zero-order valence-electron chi connectivity index (χ0n) is 17.0. The smallest absolute Gasteiger partial charge is 0.272 e. The third-order valence-corrected chi connectivity index (χ3v) is 6.91. The number of hydrogen-bond donors (Lipinski definition) is 1. The van der Waals surface area contributed by atoms with Crippen LogP contribution in [0, 0.1) is 22.9 Å². The predicted molar refractivity (Wildman–Crippen MR) is 115 cm³/mol. The van der Waals surface area contributed by atoms with Crippen molar-refractivity contribution in [3.05, 3.63) is 69.0 Å². The van der Waals surface area contributed by atoms with Crippen molar-refractivity contribution in [2.24, 2.45) is 0 Å². The molecule has 2 unspecified atom stereocenters. The van der Waals surface area contributed by atoms with E-state index in [0.717, 1.165) is 16.2 Å². The number of amides is 2. The second-order valence-electron chi connectivity index (χ2n) is 7.80. The Morgan fingerprint density at radius 2 is 2.03 bits per heavy atom. The molecule has 2 amide bonds. The SMILES string of the molecule is Cc1cc(C(=O)N2CCCC2C(=O)NC2CCSc3ccc(F)cc32)ccc1[N+](=O)[O-]. The molecule has 2 aromatic carbocycles. The van der Waals surface area contributed by atoms with Crippen LogP contribution in [0.3, 0.4) is 0 Å². The lowest BCUT2D eigenvalue weighted by Gasteiger charge is -2.29. The summed E-state index contributed by atoms with van der Waals surface area (Å²) in [5.41, 5.74) is 1.44. The first-order valence-corrected chi connectivity index (χ1v) is 11.1. The van der Waals surface area contributed by atoms with Gasteiger partial charge in [-0.05, 0) is 62.1 Å². The second kappa shape index (κ2) is 8.66. The number of benzene rings is 2. The Morgan fingerprint density at radius 3 is 2.77 bits per heavy atom. The van der Waals surface area contributed by atoms with Crippen LogP contribution in [0.25, 0.3) is 0 Å². The third kappa shape index (κ3) is 4.27. The van der Waals surface area contributed by atoms with Crippen molar-refractivity contribution >= 4 is 29.3 Å². The average Bonchev–Trinajstić information content (AvgIpc) is 3.23. The van der Waals surface area contributed by atoms with Crippen molar-refractivity contribution < 1.29 is 18.9 Å². The van der Waals surface area contributed by atoms with Crippen molar-refractivity contribution in [1.29, 1.82) is 0 Å².